The van der Waals surface area contributed by atoms with E-state index in [2.05, 4.69) is 5.32 Å². The third-order valence-electron chi connectivity index (χ3n) is 0.328. The van der Waals surface area contributed by atoms with Crippen LogP contribution < -0.4 is 5.32 Å². The van der Waals surface area contributed by atoms with Crippen LogP contribution in [-0.4, -0.2) is 47.7 Å². The summed E-state index contributed by atoms with van der Waals surface area (Å²) < 4.78 is 0. The van der Waals surface area contributed by atoms with Crippen LogP contribution >= 0.6 is 0 Å². The molecular weight excluding hydrogens is 106 g/mol. The minimum Gasteiger partial charge on any atom is -1.00 e. The van der Waals surface area contributed by atoms with E-state index in [0.717, 1.165) is 0 Å². The van der Waals surface area contributed by atoms with E-state index < -0.39 is 5.97 Å². The number of rotatable bonds is 2. The Bertz CT molecular complexity index is 63.8. The summed E-state index contributed by atoms with van der Waals surface area (Å²) in [4.78, 5) is 9.54. The van der Waals surface area contributed by atoms with Crippen LogP contribution in [0.4, 0.5) is 0 Å². The van der Waals surface area contributed by atoms with Crippen LogP contribution in [0.1, 0.15) is 2.85 Å². The fraction of sp³-hybridized carbons (Fsp3) is 0.667. The fourth-order valence-corrected chi connectivity index (χ4v) is 0.151. The van der Waals surface area contributed by atoms with E-state index in [1.807, 2.05) is 0 Å². The van der Waals surface area contributed by atoms with Gasteiger partial charge in [-0.1, -0.05) is 0 Å². The van der Waals surface area contributed by atoms with Gasteiger partial charge in [-0.15, -0.1) is 0 Å². The van der Waals surface area contributed by atoms with E-state index >= 15 is 0 Å². The van der Waals surface area contributed by atoms with Gasteiger partial charge in [-0.3, -0.25) is 4.79 Å². The third-order valence-corrected chi connectivity index (χ3v) is 0.328. The van der Waals surface area contributed by atoms with Crippen LogP contribution in [-0.2, 0) is 4.79 Å². The summed E-state index contributed by atoms with van der Waals surface area (Å²) in [6.07, 6.45) is 0. The molecule has 0 unspecified atom stereocenters. The second kappa shape index (κ2) is 6.20. The molecule has 0 aliphatic carbocycles. The molecule has 3 nitrogen and oxygen atoms in total. The molecule has 0 aromatic carbocycles. The van der Waals surface area contributed by atoms with Crippen molar-refractivity contribution in [2.45, 2.75) is 0 Å². The van der Waals surface area contributed by atoms with Crippen molar-refractivity contribution in [1.82, 2.24) is 5.32 Å². The van der Waals surface area contributed by atoms with Gasteiger partial charge in [0.1, 0.15) is 0 Å². The van der Waals surface area contributed by atoms with Crippen molar-refractivity contribution < 1.29 is 12.8 Å². The molecule has 0 rings (SSSR count). The van der Waals surface area contributed by atoms with Crippen LogP contribution in [0, 0.1) is 0 Å². The number of carboxylic acid groups (broad SMARTS) is 1. The van der Waals surface area contributed by atoms with Gasteiger partial charge >= 0.3 is 29.0 Å². The summed E-state index contributed by atoms with van der Waals surface area (Å²) in [6, 6.07) is 0. The number of hydrogen-bond acceptors (Lipinski definition) is 2. The molecule has 7 heavy (non-hydrogen) atoms. The van der Waals surface area contributed by atoms with Crippen molar-refractivity contribution in [1.29, 1.82) is 0 Å². The van der Waals surface area contributed by atoms with E-state index in [1.54, 1.807) is 7.05 Å². The maximum atomic E-state index is 9.54. The minimum atomic E-state index is -0.822. The van der Waals surface area contributed by atoms with Gasteiger partial charge in [0.25, 0.3) is 0 Å². The number of nitrogens with one attached hydrogen (secondary N) is 1. The summed E-state index contributed by atoms with van der Waals surface area (Å²) in [7, 11) is 1.59. The molecule has 0 spiro atoms. The van der Waals surface area contributed by atoms with Crippen LogP contribution in [0.2, 0.25) is 0 Å². The molecule has 0 saturated carbocycles. The van der Waals surface area contributed by atoms with Gasteiger partial charge in [0.05, 0.1) is 6.54 Å². The molecule has 0 radical (unpaired) electrons. The third kappa shape index (κ3) is 10.7. The van der Waals surface area contributed by atoms with E-state index in [1.165, 1.54) is 0 Å². The van der Waals surface area contributed by atoms with E-state index in [0.29, 0.717) is 0 Å². The normalized spacial score (nSPS) is 7.00. The number of hydrogen-bond donors (Lipinski definition) is 2. The molecule has 40 valence electrons. The molecule has 0 heterocycles. The zero-order valence-electron chi connectivity index (χ0n) is 6.27. The second-order valence-corrected chi connectivity index (χ2v) is 0.924. The number of aliphatic carboxylic acids is 1. The molecule has 0 aliphatic heterocycles. The summed E-state index contributed by atoms with van der Waals surface area (Å²) in [5.41, 5.74) is 0. The maximum absolute atomic E-state index is 9.54. The van der Waals surface area contributed by atoms with Crippen molar-refractivity contribution in [3.05, 3.63) is 0 Å². The first-order valence-electron chi connectivity index (χ1n) is 1.63. The Labute approximate surface area is 61.2 Å². The SMILES string of the molecule is CNCC(=O)O.[H-].[H-].[Mg+2]. The Morgan fingerprint density at radius 1 is 2.00 bits per heavy atom. The van der Waals surface area contributed by atoms with Crippen LogP contribution in [0.5, 0.6) is 0 Å². The van der Waals surface area contributed by atoms with Gasteiger partial charge in [-0.05, 0) is 7.05 Å². The number of carboxylic acids is 1. The van der Waals surface area contributed by atoms with Crippen molar-refractivity contribution in [2.24, 2.45) is 0 Å². The van der Waals surface area contributed by atoms with Gasteiger partial charge in [0.2, 0.25) is 0 Å². The Morgan fingerprint density at radius 3 is 2.43 bits per heavy atom. The Balaban J connectivity index is -0.0000000417. The van der Waals surface area contributed by atoms with Gasteiger partial charge in [0.15, 0.2) is 0 Å². The van der Waals surface area contributed by atoms with Crippen molar-refractivity contribution in [3.8, 4) is 0 Å². The van der Waals surface area contributed by atoms with Gasteiger partial charge in [-0.2, -0.15) is 0 Å². The summed E-state index contributed by atoms with van der Waals surface area (Å²) in [5, 5.41) is 10.3. The van der Waals surface area contributed by atoms with Crippen LogP contribution in [0.3, 0.4) is 0 Å². The quantitative estimate of drug-likeness (QED) is 0.460. The van der Waals surface area contributed by atoms with Gasteiger partial charge in [0, 0.05) is 0 Å². The molecule has 0 saturated heterocycles. The van der Waals surface area contributed by atoms with E-state index in [-0.39, 0.29) is 32.5 Å². The largest absolute Gasteiger partial charge is 2.00 e. The number of carbonyl (C=O) groups is 1. The van der Waals surface area contributed by atoms with Gasteiger partial charge in [-0.25, -0.2) is 0 Å². The topological polar surface area (TPSA) is 49.3 Å². The molecular formula is C3H9MgNO2. The van der Waals surface area contributed by atoms with E-state index in [4.69, 9.17) is 5.11 Å². The molecule has 0 aromatic rings. The second-order valence-electron chi connectivity index (χ2n) is 0.924. The maximum Gasteiger partial charge on any atom is 2.00 e. The van der Waals surface area contributed by atoms with Crippen molar-refractivity contribution in [3.63, 3.8) is 0 Å². The minimum absolute atomic E-state index is 0. The summed E-state index contributed by atoms with van der Waals surface area (Å²) >= 11 is 0. The molecule has 4 heteroatoms. The average molecular weight is 115 g/mol. The first-order valence-corrected chi connectivity index (χ1v) is 1.63. The first-order chi connectivity index (χ1) is 2.77. The standard InChI is InChI=1S/C3H7NO2.Mg.2H/c1-4-2-3(5)6;;;/h4H,2H2,1H3,(H,5,6);;;/q;+2;2*-1. The Kier molecular flexibility index (Phi) is 9.06. The average Bonchev–Trinajstić information content (AvgIpc) is 1.35. The first kappa shape index (κ1) is 10.2. The Morgan fingerprint density at radius 2 is 2.43 bits per heavy atom. The molecule has 0 aromatic heterocycles. The number of likely N-dealkylation sites (N-methyl/N-ethyl adjacent to an activating group) is 1. The predicted octanol–water partition coefficient (Wildman–Crippen LogP) is -0.865. The zero-order valence-corrected chi connectivity index (χ0v) is 5.68. The zero-order chi connectivity index (χ0) is 4.99. The Hall–Kier alpha value is 0.196. The van der Waals surface area contributed by atoms with Gasteiger partial charge < -0.3 is 13.3 Å². The van der Waals surface area contributed by atoms with Crippen molar-refractivity contribution in [2.75, 3.05) is 13.6 Å². The summed E-state index contributed by atoms with van der Waals surface area (Å²) in [5.74, 6) is -0.822. The van der Waals surface area contributed by atoms with Crippen LogP contribution in [0.15, 0.2) is 0 Å². The van der Waals surface area contributed by atoms with Crippen LogP contribution in [0.25, 0.3) is 0 Å². The molecule has 0 fully saturated rings. The van der Waals surface area contributed by atoms with Crippen molar-refractivity contribution >= 4 is 29.0 Å². The molecule has 0 amide bonds. The predicted molar refractivity (Wildman–Crippen MR) is 29.5 cm³/mol. The monoisotopic (exact) mass is 115 g/mol. The van der Waals surface area contributed by atoms with E-state index in [9.17, 15) is 4.79 Å². The molecule has 2 N–H and O–H groups in total. The molecule has 0 atom stereocenters. The fourth-order valence-electron chi connectivity index (χ4n) is 0.151. The molecule has 0 aliphatic rings. The smallest absolute Gasteiger partial charge is 1.00 e. The molecule has 0 bridgehead atoms. The summed E-state index contributed by atoms with van der Waals surface area (Å²) in [6.45, 7) is 0.0417.